The molecule has 3 rings (SSSR count). The number of hydrogen-bond acceptors (Lipinski definition) is 3. The van der Waals surface area contributed by atoms with E-state index in [-0.39, 0.29) is 12.3 Å². The fourth-order valence-electron chi connectivity index (χ4n) is 2.23. The van der Waals surface area contributed by atoms with Crippen LogP contribution in [0.5, 0.6) is 0 Å². The number of anilines is 1. The lowest BCUT2D eigenvalue weighted by Gasteiger charge is -2.06. The molecule has 1 heterocycles. The van der Waals surface area contributed by atoms with Gasteiger partial charge in [-0.05, 0) is 23.8 Å². The number of aromatic nitrogens is 1. The Balaban J connectivity index is 1.61. The van der Waals surface area contributed by atoms with Crippen LogP contribution in [0.3, 0.4) is 0 Å². The molecule has 3 aromatic rings. The average Bonchev–Trinajstić information content (AvgIpc) is 2.98. The number of nitrogens with zero attached hydrogens (tertiary/aromatic N) is 1. The molecule has 1 aromatic heterocycles. The van der Waals surface area contributed by atoms with Gasteiger partial charge in [-0.1, -0.05) is 53.5 Å². The smallest absolute Gasteiger partial charge is 0.230 e. The first-order valence-corrected chi connectivity index (χ1v) is 8.96. The predicted octanol–water partition coefficient (Wildman–Crippen LogP) is 5.22. The van der Waals surface area contributed by atoms with Gasteiger partial charge in [-0.25, -0.2) is 4.98 Å². The number of halogens is 2. The van der Waals surface area contributed by atoms with Crippen molar-refractivity contribution in [2.24, 2.45) is 0 Å². The second-order valence-electron chi connectivity index (χ2n) is 5.24. The molecule has 24 heavy (non-hydrogen) atoms. The maximum Gasteiger partial charge on any atom is 0.230 e. The molecule has 3 nitrogen and oxygen atoms in total. The molecule has 0 aliphatic carbocycles. The summed E-state index contributed by atoms with van der Waals surface area (Å²) in [5.41, 5.74) is 2.51. The van der Waals surface area contributed by atoms with Crippen LogP contribution in [0.15, 0.2) is 53.9 Å². The van der Waals surface area contributed by atoms with Crippen LogP contribution in [-0.2, 0) is 17.6 Å². The van der Waals surface area contributed by atoms with Crippen LogP contribution in [0.2, 0.25) is 10.0 Å². The number of carbonyl (C=O) groups excluding carboxylic acids is 1. The van der Waals surface area contributed by atoms with E-state index < -0.39 is 0 Å². The SMILES string of the molecule is O=C(Cc1csc(Cc2ccccc2)n1)Nc1ccc(Cl)cc1Cl. The third kappa shape index (κ3) is 4.57. The first kappa shape index (κ1) is 17.0. The standard InChI is InChI=1S/C18H14Cl2N2OS/c19-13-6-7-16(15(20)9-13)22-17(23)10-14-11-24-18(21-14)8-12-4-2-1-3-5-12/h1-7,9,11H,8,10H2,(H,22,23). The van der Waals surface area contributed by atoms with E-state index in [1.54, 1.807) is 29.5 Å². The van der Waals surface area contributed by atoms with Crippen molar-refractivity contribution in [3.05, 3.63) is 80.2 Å². The Kier molecular flexibility index (Phi) is 5.51. The number of hydrogen-bond donors (Lipinski definition) is 1. The second-order valence-corrected chi connectivity index (χ2v) is 7.03. The molecule has 0 bridgehead atoms. The molecule has 0 radical (unpaired) electrons. The summed E-state index contributed by atoms with van der Waals surface area (Å²) in [4.78, 5) is 16.7. The zero-order chi connectivity index (χ0) is 16.9. The van der Waals surface area contributed by atoms with Gasteiger partial charge >= 0.3 is 0 Å². The van der Waals surface area contributed by atoms with Gasteiger partial charge in [0.15, 0.2) is 0 Å². The van der Waals surface area contributed by atoms with E-state index in [4.69, 9.17) is 23.2 Å². The number of benzene rings is 2. The van der Waals surface area contributed by atoms with Crippen LogP contribution in [-0.4, -0.2) is 10.9 Å². The van der Waals surface area contributed by atoms with Crippen molar-refractivity contribution in [1.29, 1.82) is 0 Å². The topological polar surface area (TPSA) is 42.0 Å². The summed E-state index contributed by atoms with van der Waals surface area (Å²) < 4.78 is 0. The summed E-state index contributed by atoms with van der Waals surface area (Å²) in [5, 5.41) is 6.64. The predicted molar refractivity (Wildman–Crippen MR) is 100 cm³/mol. The molecule has 1 N–H and O–H groups in total. The van der Waals surface area contributed by atoms with Crippen LogP contribution in [0.25, 0.3) is 0 Å². The van der Waals surface area contributed by atoms with Gasteiger partial charge in [0, 0.05) is 16.8 Å². The van der Waals surface area contributed by atoms with Gasteiger partial charge in [-0.3, -0.25) is 4.79 Å². The molecule has 0 aliphatic heterocycles. The Morgan fingerprint density at radius 2 is 1.92 bits per heavy atom. The number of carbonyl (C=O) groups is 1. The molecule has 122 valence electrons. The van der Waals surface area contributed by atoms with Gasteiger partial charge in [0.05, 0.1) is 27.8 Å². The number of thiazole rings is 1. The van der Waals surface area contributed by atoms with Crippen LogP contribution >= 0.6 is 34.5 Å². The van der Waals surface area contributed by atoms with Gasteiger partial charge in [0.25, 0.3) is 0 Å². The van der Waals surface area contributed by atoms with Gasteiger partial charge < -0.3 is 5.32 Å². The lowest BCUT2D eigenvalue weighted by molar-refractivity contribution is -0.115. The maximum absolute atomic E-state index is 12.1. The lowest BCUT2D eigenvalue weighted by Crippen LogP contribution is -2.14. The molecule has 0 spiro atoms. The summed E-state index contributed by atoms with van der Waals surface area (Å²) in [5.74, 6) is -0.157. The van der Waals surface area contributed by atoms with Gasteiger partial charge in [-0.15, -0.1) is 11.3 Å². The van der Waals surface area contributed by atoms with E-state index in [9.17, 15) is 4.79 Å². The highest BCUT2D eigenvalue weighted by atomic mass is 35.5. The third-order valence-electron chi connectivity index (χ3n) is 3.34. The largest absolute Gasteiger partial charge is 0.324 e. The Morgan fingerprint density at radius 1 is 1.12 bits per heavy atom. The minimum atomic E-state index is -0.157. The third-order valence-corrected chi connectivity index (χ3v) is 4.79. The molecule has 0 atom stereocenters. The van der Waals surface area contributed by atoms with Crippen molar-refractivity contribution in [3.8, 4) is 0 Å². The number of rotatable bonds is 5. The summed E-state index contributed by atoms with van der Waals surface area (Å²) in [6.45, 7) is 0. The fourth-order valence-corrected chi connectivity index (χ4v) is 3.52. The highest BCUT2D eigenvalue weighted by molar-refractivity contribution is 7.09. The van der Waals surface area contributed by atoms with Gasteiger partial charge in [0.1, 0.15) is 0 Å². The first-order chi connectivity index (χ1) is 11.6. The van der Waals surface area contributed by atoms with Crippen molar-refractivity contribution in [2.75, 3.05) is 5.32 Å². The summed E-state index contributed by atoms with van der Waals surface area (Å²) in [7, 11) is 0. The molecular weight excluding hydrogens is 363 g/mol. The highest BCUT2D eigenvalue weighted by Gasteiger charge is 2.10. The van der Waals surface area contributed by atoms with Crippen molar-refractivity contribution < 1.29 is 4.79 Å². The zero-order valence-corrected chi connectivity index (χ0v) is 15.0. The van der Waals surface area contributed by atoms with Crippen molar-refractivity contribution in [1.82, 2.24) is 4.98 Å². The Bertz CT molecular complexity index is 849. The summed E-state index contributed by atoms with van der Waals surface area (Å²) in [6.07, 6.45) is 0.986. The Morgan fingerprint density at radius 3 is 2.67 bits per heavy atom. The minimum Gasteiger partial charge on any atom is -0.324 e. The maximum atomic E-state index is 12.1. The van der Waals surface area contributed by atoms with Crippen LogP contribution in [0, 0.1) is 0 Å². The minimum absolute atomic E-state index is 0.157. The molecule has 0 saturated heterocycles. The summed E-state index contributed by atoms with van der Waals surface area (Å²) >= 11 is 13.5. The van der Waals surface area contributed by atoms with Gasteiger partial charge in [0.2, 0.25) is 5.91 Å². The molecule has 0 saturated carbocycles. The monoisotopic (exact) mass is 376 g/mol. The van der Waals surface area contributed by atoms with Crippen LogP contribution < -0.4 is 5.32 Å². The normalized spacial score (nSPS) is 10.6. The quantitative estimate of drug-likeness (QED) is 0.662. The Labute approximate surface area is 154 Å². The number of nitrogens with one attached hydrogen (secondary N) is 1. The van der Waals surface area contributed by atoms with E-state index in [2.05, 4.69) is 22.4 Å². The van der Waals surface area contributed by atoms with E-state index >= 15 is 0 Å². The molecular formula is C18H14Cl2N2OS. The molecule has 0 aliphatic rings. The van der Waals surface area contributed by atoms with E-state index in [0.717, 1.165) is 17.1 Å². The Hall–Kier alpha value is -1.88. The van der Waals surface area contributed by atoms with Crippen LogP contribution in [0.4, 0.5) is 5.69 Å². The number of amides is 1. The molecule has 0 unspecified atom stereocenters. The second kappa shape index (κ2) is 7.79. The van der Waals surface area contributed by atoms with Crippen molar-refractivity contribution in [2.45, 2.75) is 12.8 Å². The molecule has 1 amide bonds. The first-order valence-electron chi connectivity index (χ1n) is 7.32. The van der Waals surface area contributed by atoms with Gasteiger partial charge in [-0.2, -0.15) is 0 Å². The van der Waals surface area contributed by atoms with E-state index in [1.165, 1.54) is 5.56 Å². The van der Waals surface area contributed by atoms with E-state index in [0.29, 0.717) is 15.7 Å². The highest BCUT2D eigenvalue weighted by Crippen LogP contribution is 2.25. The fraction of sp³-hybridized carbons (Fsp3) is 0.111. The average molecular weight is 377 g/mol. The molecule has 2 aromatic carbocycles. The van der Waals surface area contributed by atoms with Crippen LogP contribution in [0.1, 0.15) is 16.3 Å². The lowest BCUT2D eigenvalue weighted by atomic mass is 10.2. The molecule has 6 heteroatoms. The van der Waals surface area contributed by atoms with Crippen molar-refractivity contribution in [3.63, 3.8) is 0 Å². The zero-order valence-electron chi connectivity index (χ0n) is 12.6. The van der Waals surface area contributed by atoms with E-state index in [1.807, 2.05) is 23.6 Å². The summed E-state index contributed by atoms with van der Waals surface area (Å²) in [6, 6.07) is 15.1. The van der Waals surface area contributed by atoms with Crippen molar-refractivity contribution >= 4 is 46.1 Å². The molecule has 0 fully saturated rings.